The number of benzene rings is 2. The maximum absolute atomic E-state index is 12.6. The molecule has 0 bridgehead atoms. The molecule has 9 heteroatoms. The Morgan fingerprint density at radius 3 is 2.59 bits per heavy atom. The summed E-state index contributed by atoms with van der Waals surface area (Å²) < 4.78 is 10.9. The molecule has 3 N–H and O–H groups in total. The van der Waals surface area contributed by atoms with E-state index in [4.69, 9.17) is 9.47 Å². The van der Waals surface area contributed by atoms with Crippen LogP contribution in [-0.4, -0.2) is 43.3 Å². The van der Waals surface area contributed by atoms with Gasteiger partial charge in [-0.25, -0.2) is 9.78 Å². The predicted molar refractivity (Wildman–Crippen MR) is 124 cm³/mol. The van der Waals surface area contributed by atoms with Crippen LogP contribution in [0, 0.1) is 0 Å². The lowest BCUT2D eigenvalue weighted by Crippen LogP contribution is -2.35. The van der Waals surface area contributed by atoms with Crippen LogP contribution in [-0.2, 0) is 4.74 Å². The van der Waals surface area contributed by atoms with E-state index in [1.165, 1.54) is 11.3 Å². The summed E-state index contributed by atoms with van der Waals surface area (Å²) >= 11 is 1.38. The summed E-state index contributed by atoms with van der Waals surface area (Å²) in [6.07, 6.45) is 2.09. The van der Waals surface area contributed by atoms with Crippen LogP contribution in [0.3, 0.4) is 0 Å². The number of carbonyl (C=O) groups is 2. The first-order chi connectivity index (χ1) is 15.6. The molecule has 166 valence electrons. The number of thiazole rings is 1. The van der Waals surface area contributed by atoms with Gasteiger partial charge in [0.15, 0.2) is 0 Å². The quantitative estimate of drug-likeness (QED) is 0.494. The van der Waals surface area contributed by atoms with Gasteiger partial charge in [0.2, 0.25) is 0 Å². The van der Waals surface area contributed by atoms with E-state index in [1.54, 1.807) is 36.8 Å². The van der Waals surface area contributed by atoms with Crippen molar-refractivity contribution in [1.29, 1.82) is 0 Å². The normalized spacial score (nSPS) is 15.2. The van der Waals surface area contributed by atoms with Crippen LogP contribution in [0.1, 0.15) is 23.3 Å². The minimum atomic E-state index is -0.308. The van der Waals surface area contributed by atoms with Gasteiger partial charge in [-0.3, -0.25) is 4.79 Å². The standard InChI is InChI=1S/C23H24N4O4S/c1-30-20-7-3-2-6-18(20)22-27-19(14-32-22)21(28)25-15-8-10-16(11-9-15)26-23(29)24-13-17-5-4-12-31-17/h2-3,6-11,14,17H,4-5,12-13H2,1H3,(H,25,28)(H2,24,26,29). The molecule has 0 saturated carbocycles. The van der Waals surface area contributed by atoms with Gasteiger partial charge in [-0.05, 0) is 49.2 Å². The molecule has 1 unspecified atom stereocenters. The van der Waals surface area contributed by atoms with Crippen molar-refractivity contribution in [2.45, 2.75) is 18.9 Å². The van der Waals surface area contributed by atoms with Gasteiger partial charge >= 0.3 is 6.03 Å². The molecule has 0 spiro atoms. The van der Waals surface area contributed by atoms with E-state index in [9.17, 15) is 9.59 Å². The average Bonchev–Trinajstić information content (AvgIpc) is 3.51. The first-order valence-electron chi connectivity index (χ1n) is 10.3. The first kappa shape index (κ1) is 21.8. The van der Waals surface area contributed by atoms with Crippen LogP contribution in [0.25, 0.3) is 10.6 Å². The molecular weight excluding hydrogens is 428 g/mol. The van der Waals surface area contributed by atoms with Gasteiger partial charge < -0.3 is 25.4 Å². The minimum absolute atomic E-state index is 0.0903. The number of nitrogens with one attached hydrogen (secondary N) is 3. The van der Waals surface area contributed by atoms with E-state index in [0.29, 0.717) is 34.4 Å². The van der Waals surface area contributed by atoms with Gasteiger partial charge in [0.05, 0.1) is 18.8 Å². The number of rotatable bonds is 7. The van der Waals surface area contributed by atoms with Crippen LogP contribution in [0.2, 0.25) is 0 Å². The average molecular weight is 453 g/mol. The van der Waals surface area contributed by atoms with Gasteiger partial charge in [0, 0.05) is 29.9 Å². The Morgan fingerprint density at radius 1 is 1.12 bits per heavy atom. The lowest BCUT2D eigenvalue weighted by Gasteiger charge is -2.12. The van der Waals surface area contributed by atoms with Crippen LogP contribution in [0.4, 0.5) is 16.2 Å². The zero-order valence-corrected chi connectivity index (χ0v) is 18.4. The Morgan fingerprint density at radius 2 is 1.88 bits per heavy atom. The molecule has 1 aromatic heterocycles. The molecule has 2 aromatic carbocycles. The fourth-order valence-electron chi connectivity index (χ4n) is 3.34. The smallest absolute Gasteiger partial charge is 0.319 e. The molecule has 32 heavy (non-hydrogen) atoms. The maximum atomic E-state index is 12.6. The molecule has 4 rings (SSSR count). The fraction of sp³-hybridized carbons (Fsp3) is 0.261. The lowest BCUT2D eigenvalue weighted by atomic mass is 10.2. The number of aromatic nitrogens is 1. The zero-order valence-electron chi connectivity index (χ0n) is 17.6. The van der Waals surface area contributed by atoms with E-state index in [0.717, 1.165) is 25.0 Å². The van der Waals surface area contributed by atoms with E-state index in [-0.39, 0.29) is 18.0 Å². The molecule has 1 atom stereocenters. The van der Waals surface area contributed by atoms with Crippen LogP contribution >= 0.6 is 11.3 Å². The number of hydrogen-bond acceptors (Lipinski definition) is 6. The molecule has 1 saturated heterocycles. The van der Waals surface area contributed by atoms with Crippen LogP contribution in [0.15, 0.2) is 53.9 Å². The van der Waals surface area contributed by atoms with Crippen molar-refractivity contribution in [1.82, 2.24) is 10.3 Å². The summed E-state index contributed by atoms with van der Waals surface area (Å²) in [6, 6.07) is 14.2. The third kappa shape index (κ3) is 5.43. The Kier molecular flexibility index (Phi) is 6.98. The Labute approximate surface area is 190 Å². The number of hydrogen-bond donors (Lipinski definition) is 3. The Bertz CT molecular complexity index is 1080. The van der Waals surface area contributed by atoms with Crippen molar-refractivity contribution in [2.24, 2.45) is 0 Å². The largest absolute Gasteiger partial charge is 0.496 e. The Hall–Kier alpha value is -3.43. The summed E-state index contributed by atoms with van der Waals surface area (Å²) in [6.45, 7) is 1.24. The predicted octanol–water partition coefficient (Wildman–Crippen LogP) is 4.37. The maximum Gasteiger partial charge on any atom is 0.319 e. The molecule has 3 aromatic rings. The molecular formula is C23H24N4O4S. The highest BCUT2D eigenvalue weighted by atomic mass is 32.1. The lowest BCUT2D eigenvalue weighted by molar-refractivity contribution is 0.102. The van der Waals surface area contributed by atoms with Gasteiger partial charge in [-0.15, -0.1) is 11.3 Å². The Balaban J connectivity index is 1.32. The van der Waals surface area contributed by atoms with Gasteiger partial charge in [0.1, 0.15) is 16.5 Å². The second-order valence-corrected chi connectivity index (χ2v) is 8.10. The number of para-hydroxylation sites is 1. The number of carbonyl (C=O) groups excluding carboxylic acids is 2. The van der Waals surface area contributed by atoms with Crippen molar-refractivity contribution >= 4 is 34.6 Å². The molecule has 1 fully saturated rings. The van der Waals surface area contributed by atoms with Crippen molar-refractivity contribution < 1.29 is 19.1 Å². The van der Waals surface area contributed by atoms with E-state index >= 15 is 0 Å². The second kappa shape index (κ2) is 10.3. The SMILES string of the molecule is COc1ccccc1-c1nc(C(=O)Nc2ccc(NC(=O)NCC3CCCO3)cc2)cs1. The summed E-state index contributed by atoms with van der Waals surface area (Å²) in [5, 5.41) is 10.8. The number of nitrogens with zero attached hydrogens (tertiary/aromatic N) is 1. The minimum Gasteiger partial charge on any atom is -0.496 e. The zero-order chi connectivity index (χ0) is 22.3. The monoisotopic (exact) mass is 452 g/mol. The van der Waals surface area contributed by atoms with Crippen molar-refractivity contribution in [3.05, 3.63) is 59.6 Å². The number of anilines is 2. The van der Waals surface area contributed by atoms with Crippen LogP contribution < -0.4 is 20.7 Å². The number of amides is 3. The van der Waals surface area contributed by atoms with Crippen LogP contribution in [0.5, 0.6) is 5.75 Å². The summed E-state index contributed by atoms with van der Waals surface area (Å²) in [5.41, 5.74) is 2.39. The highest BCUT2D eigenvalue weighted by Gasteiger charge is 2.17. The molecule has 3 amide bonds. The third-order valence-corrected chi connectivity index (χ3v) is 5.86. The highest BCUT2D eigenvalue weighted by molar-refractivity contribution is 7.13. The van der Waals surface area contributed by atoms with Crippen molar-refractivity contribution in [3.8, 4) is 16.3 Å². The fourth-order valence-corrected chi connectivity index (χ4v) is 4.17. The van der Waals surface area contributed by atoms with Crippen molar-refractivity contribution in [3.63, 3.8) is 0 Å². The van der Waals surface area contributed by atoms with Gasteiger partial charge in [0.25, 0.3) is 5.91 Å². The summed E-state index contributed by atoms with van der Waals surface area (Å²) in [5.74, 6) is 0.397. The van der Waals surface area contributed by atoms with E-state index < -0.39 is 0 Å². The molecule has 2 heterocycles. The number of methoxy groups -OCH3 is 1. The molecule has 1 aliphatic rings. The number of urea groups is 1. The second-order valence-electron chi connectivity index (χ2n) is 7.24. The summed E-state index contributed by atoms with van der Waals surface area (Å²) in [7, 11) is 1.60. The summed E-state index contributed by atoms with van der Waals surface area (Å²) in [4.78, 5) is 29.1. The molecule has 0 aliphatic carbocycles. The topological polar surface area (TPSA) is 102 Å². The number of ether oxygens (including phenoxy) is 2. The third-order valence-electron chi connectivity index (χ3n) is 4.99. The van der Waals surface area contributed by atoms with Gasteiger partial charge in [-0.1, -0.05) is 12.1 Å². The highest BCUT2D eigenvalue weighted by Crippen LogP contribution is 2.32. The van der Waals surface area contributed by atoms with E-state index in [2.05, 4.69) is 20.9 Å². The molecule has 0 radical (unpaired) electrons. The molecule has 8 nitrogen and oxygen atoms in total. The first-order valence-corrected chi connectivity index (χ1v) is 11.2. The van der Waals surface area contributed by atoms with Gasteiger partial charge in [-0.2, -0.15) is 0 Å². The molecule has 1 aliphatic heterocycles. The van der Waals surface area contributed by atoms with E-state index in [1.807, 2.05) is 24.3 Å². The van der Waals surface area contributed by atoms with Crippen molar-refractivity contribution in [2.75, 3.05) is 30.9 Å².